The van der Waals surface area contributed by atoms with Gasteiger partial charge >= 0.3 is 0 Å². The van der Waals surface area contributed by atoms with Gasteiger partial charge in [0.05, 0.1) is 6.17 Å². The van der Waals surface area contributed by atoms with E-state index in [1.165, 1.54) is 19.3 Å². The molecule has 0 rings (SSSR count). The molecule has 0 aliphatic heterocycles. The highest BCUT2D eigenvalue weighted by molar-refractivity contribution is 4.49. The summed E-state index contributed by atoms with van der Waals surface area (Å²) in [6.07, 6.45) is 4.54. The van der Waals surface area contributed by atoms with E-state index in [2.05, 4.69) is 6.92 Å². The van der Waals surface area contributed by atoms with Gasteiger partial charge in [0.1, 0.15) is 0 Å². The van der Waals surface area contributed by atoms with Crippen LogP contribution in [-0.4, -0.2) is 18.8 Å². The average molecular weight is 190 g/mol. The smallest absolute Gasteiger partial charge is 0.0520 e. The van der Waals surface area contributed by atoms with Gasteiger partial charge in [-0.25, -0.2) is 0 Å². The Morgan fingerprint density at radius 2 is 1.54 bits per heavy atom. The van der Waals surface area contributed by atoms with Gasteiger partial charge in [-0.05, 0) is 13.3 Å². The van der Waals surface area contributed by atoms with Crippen molar-refractivity contribution < 1.29 is 0 Å². The molecule has 0 aliphatic carbocycles. The second-order valence-electron chi connectivity index (χ2n) is 3.37. The number of hydrogen-bond acceptors (Lipinski definition) is 4. The van der Waals surface area contributed by atoms with E-state index in [-0.39, 0.29) is 12.2 Å². The molecule has 0 amide bonds. The summed E-state index contributed by atoms with van der Waals surface area (Å²) in [5.41, 5.74) is 20.8. The second kappa shape index (κ2) is 11.8. The van der Waals surface area contributed by atoms with E-state index in [0.29, 0.717) is 6.54 Å². The minimum absolute atomic E-state index is 0.0958. The number of rotatable bonds is 5. The van der Waals surface area contributed by atoms with Gasteiger partial charge in [0.25, 0.3) is 0 Å². The molecule has 0 saturated carbocycles. The van der Waals surface area contributed by atoms with Crippen molar-refractivity contribution in [3.05, 3.63) is 0 Å². The maximum absolute atomic E-state index is 5.31. The summed E-state index contributed by atoms with van der Waals surface area (Å²) >= 11 is 0. The summed E-state index contributed by atoms with van der Waals surface area (Å²) in [4.78, 5) is 0. The molecule has 0 aliphatic rings. The van der Waals surface area contributed by atoms with Crippen LogP contribution in [0.2, 0.25) is 0 Å². The summed E-state index contributed by atoms with van der Waals surface area (Å²) in [7, 11) is 0. The molecule has 0 spiro atoms. The molecule has 1 unspecified atom stereocenters. The first-order valence-corrected chi connectivity index (χ1v) is 5.01. The molecule has 0 aromatic carbocycles. The van der Waals surface area contributed by atoms with Gasteiger partial charge in [0, 0.05) is 12.6 Å². The summed E-state index contributed by atoms with van der Waals surface area (Å²) < 4.78 is 0. The third-order valence-corrected chi connectivity index (χ3v) is 1.51. The van der Waals surface area contributed by atoms with Crippen molar-refractivity contribution >= 4 is 0 Å². The summed E-state index contributed by atoms with van der Waals surface area (Å²) in [6, 6.07) is 0.162. The fourth-order valence-corrected chi connectivity index (χ4v) is 0.630. The van der Waals surface area contributed by atoms with Crippen molar-refractivity contribution in [2.45, 2.75) is 51.7 Å². The lowest BCUT2D eigenvalue weighted by Gasteiger charge is -2.01. The molecule has 0 aromatic rings. The normalized spacial score (nSPS) is 12.2. The second-order valence-corrected chi connectivity index (χ2v) is 3.37. The summed E-state index contributed by atoms with van der Waals surface area (Å²) in [5.74, 6) is 0. The van der Waals surface area contributed by atoms with E-state index in [0.717, 1.165) is 6.42 Å². The quantitative estimate of drug-likeness (QED) is 0.364. The van der Waals surface area contributed by atoms with Gasteiger partial charge in [-0.3, -0.25) is 0 Å². The Morgan fingerprint density at radius 3 is 1.77 bits per heavy atom. The number of unbranched alkanes of at least 4 members (excludes halogenated alkanes) is 2. The van der Waals surface area contributed by atoms with Crippen LogP contribution in [0.15, 0.2) is 0 Å². The Morgan fingerprint density at radius 1 is 1.08 bits per heavy atom. The van der Waals surface area contributed by atoms with Crippen molar-refractivity contribution in [1.82, 2.24) is 0 Å². The van der Waals surface area contributed by atoms with Gasteiger partial charge in [-0.1, -0.05) is 26.2 Å². The molecule has 0 radical (unpaired) electrons. The first kappa shape index (κ1) is 15.3. The van der Waals surface area contributed by atoms with E-state index >= 15 is 0 Å². The van der Waals surface area contributed by atoms with Crippen molar-refractivity contribution in [3.8, 4) is 0 Å². The molecular weight excluding hydrogens is 164 g/mol. The minimum atomic E-state index is -0.0958. The fraction of sp³-hybridized carbons (Fsp3) is 1.00. The highest BCUT2D eigenvalue weighted by Crippen LogP contribution is 1.97. The zero-order valence-electron chi connectivity index (χ0n) is 9.00. The molecule has 4 nitrogen and oxygen atoms in total. The van der Waals surface area contributed by atoms with Crippen LogP contribution in [0.1, 0.15) is 39.5 Å². The Balaban J connectivity index is 0. The molecule has 82 valence electrons. The van der Waals surface area contributed by atoms with E-state index in [9.17, 15) is 0 Å². The zero-order valence-corrected chi connectivity index (χ0v) is 9.00. The Kier molecular flexibility index (Phi) is 14.0. The highest BCUT2D eigenvalue weighted by Gasteiger charge is 1.90. The lowest BCUT2D eigenvalue weighted by atomic mass is 10.2. The molecular formula is C9H26N4. The maximum atomic E-state index is 5.31. The molecule has 0 aromatic heterocycles. The minimum Gasteiger partial charge on any atom is -0.329 e. The SMILES string of the molecule is CC(N)CN.CCCCCC(N)N. The maximum Gasteiger partial charge on any atom is 0.0520 e. The first-order valence-electron chi connectivity index (χ1n) is 5.01. The van der Waals surface area contributed by atoms with Crippen LogP contribution in [0.25, 0.3) is 0 Å². The zero-order chi connectivity index (χ0) is 10.7. The van der Waals surface area contributed by atoms with Gasteiger partial charge in [0.15, 0.2) is 0 Å². The summed E-state index contributed by atoms with van der Waals surface area (Å²) in [5, 5.41) is 0. The van der Waals surface area contributed by atoms with Crippen LogP contribution in [0, 0.1) is 0 Å². The largest absolute Gasteiger partial charge is 0.329 e. The first-order chi connectivity index (χ1) is 6.04. The summed E-state index contributed by atoms with van der Waals surface area (Å²) in [6.45, 7) is 4.63. The molecule has 0 saturated heterocycles. The Hall–Kier alpha value is -0.160. The lowest BCUT2D eigenvalue weighted by Crippen LogP contribution is -2.29. The van der Waals surface area contributed by atoms with Crippen molar-refractivity contribution in [2.75, 3.05) is 6.54 Å². The molecule has 8 N–H and O–H groups in total. The van der Waals surface area contributed by atoms with E-state index in [1.807, 2.05) is 6.92 Å². The van der Waals surface area contributed by atoms with Crippen LogP contribution in [0.4, 0.5) is 0 Å². The lowest BCUT2D eigenvalue weighted by molar-refractivity contribution is 0.575. The van der Waals surface area contributed by atoms with E-state index in [1.54, 1.807) is 0 Å². The monoisotopic (exact) mass is 190 g/mol. The van der Waals surface area contributed by atoms with Crippen LogP contribution < -0.4 is 22.9 Å². The number of hydrogen-bond donors (Lipinski definition) is 4. The van der Waals surface area contributed by atoms with Crippen molar-refractivity contribution in [3.63, 3.8) is 0 Å². The molecule has 0 heterocycles. The molecule has 1 atom stereocenters. The van der Waals surface area contributed by atoms with Gasteiger partial charge < -0.3 is 22.9 Å². The van der Waals surface area contributed by atoms with Crippen LogP contribution in [-0.2, 0) is 0 Å². The van der Waals surface area contributed by atoms with E-state index in [4.69, 9.17) is 22.9 Å². The Labute approximate surface area is 82.0 Å². The molecule has 13 heavy (non-hydrogen) atoms. The molecule has 4 heteroatoms. The van der Waals surface area contributed by atoms with Crippen LogP contribution >= 0.6 is 0 Å². The van der Waals surface area contributed by atoms with Gasteiger partial charge in [-0.15, -0.1) is 0 Å². The van der Waals surface area contributed by atoms with Gasteiger partial charge in [-0.2, -0.15) is 0 Å². The van der Waals surface area contributed by atoms with Crippen LogP contribution in [0.5, 0.6) is 0 Å². The van der Waals surface area contributed by atoms with Gasteiger partial charge in [0.2, 0.25) is 0 Å². The third kappa shape index (κ3) is 24.5. The predicted molar refractivity (Wildman–Crippen MR) is 59.0 cm³/mol. The Bertz CT molecular complexity index is 83.7. The topological polar surface area (TPSA) is 104 Å². The molecule has 0 bridgehead atoms. The number of nitrogens with two attached hydrogens (primary N) is 4. The standard InChI is InChI=1S/C6H16N2.C3H10N2/c1-2-3-4-5-6(7)8;1-3(5)2-4/h6H,2-5,7-8H2,1H3;3H,2,4-5H2,1H3. The fourth-order valence-electron chi connectivity index (χ4n) is 0.630. The third-order valence-electron chi connectivity index (χ3n) is 1.51. The average Bonchev–Trinajstić information content (AvgIpc) is 2.05. The van der Waals surface area contributed by atoms with Crippen LogP contribution in [0.3, 0.4) is 0 Å². The highest BCUT2D eigenvalue weighted by atomic mass is 14.8. The molecule has 0 fully saturated rings. The predicted octanol–water partition coefficient (Wildman–Crippen LogP) is 0.103. The van der Waals surface area contributed by atoms with Crippen molar-refractivity contribution in [1.29, 1.82) is 0 Å². The van der Waals surface area contributed by atoms with Crippen molar-refractivity contribution in [2.24, 2.45) is 22.9 Å². The van der Waals surface area contributed by atoms with E-state index < -0.39 is 0 Å².